The molecule has 31 heavy (non-hydrogen) atoms. The third-order valence-corrected chi connectivity index (χ3v) is 6.71. The number of anilines is 2. The van der Waals surface area contributed by atoms with Crippen molar-refractivity contribution < 1.29 is 0 Å². The molecule has 6 rings (SSSR count). The summed E-state index contributed by atoms with van der Waals surface area (Å²) in [6.07, 6.45) is 4.96. The van der Waals surface area contributed by atoms with Crippen LogP contribution in [0.25, 0.3) is 27.5 Å². The van der Waals surface area contributed by atoms with Gasteiger partial charge < -0.3 is 9.88 Å². The minimum Gasteiger partial charge on any atom is -0.355 e. The molecule has 5 aromatic rings. The summed E-state index contributed by atoms with van der Waals surface area (Å²) in [5.41, 5.74) is 10.4. The van der Waals surface area contributed by atoms with Gasteiger partial charge in [-0.15, -0.1) is 0 Å². The lowest BCUT2D eigenvalue weighted by Crippen LogP contribution is -2.06. The van der Waals surface area contributed by atoms with Gasteiger partial charge in [-0.25, -0.2) is 0 Å². The number of nitrogens with one attached hydrogen (secondary N) is 1. The van der Waals surface area contributed by atoms with Crippen LogP contribution >= 0.6 is 0 Å². The van der Waals surface area contributed by atoms with Crippen LogP contribution in [-0.2, 0) is 12.8 Å². The average molecular weight is 403 g/mol. The van der Waals surface area contributed by atoms with Crippen LogP contribution in [0.15, 0.2) is 84.9 Å². The Bertz CT molecular complexity index is 1420. The van der Waals surface area contributed by atoms with E-state index in [1.54, 1.807) is 0 Å². The number of hydrogen-bond donors (Lipinski definition) is 1. The van der Waals surface area contributed by atoms with Crippen molar-refractivity contribution in [1.29, 1.82) is 0 Å². The van der Waals surface area contributed by atoms with Crippen molar-refractivity contribution >= 4 is 33.2 Å². The summed E-state index contributed by atoms with van der Waals surface area (Å²) in [5, 5.41) is 6.34. The molecule has 0 aliphatic heterocycles. The predicted octanol–water partition coefficient (Wildman–Crippen LogP) is 7.71. The molecule has 0 bridgehead atoms. The van der Waals surface area contributed by atoms with Crippen molar-refractivity contribution in [2.24, 2.45) is 0 Å². The minimum atomic E-state index is 1.14. The van der Waals surface area contributed by atoms with Gasteiger partial charge in [0.2, 0.25) is 0 Å². The van der Waals surface area contributed by atoms with Crippen LogP contribution in [-0.4, -0.2) is 4.57 Å². The molecule has 0 saturated carbocycles. The monoisotopic (exact) mass is 402 g/mol. The van der Waals surface area contributed by atoms with Crippen molar-refractivity contribution in [3.63, 3.8) is 0 Å². The highest BCUT2D eigenvalue weighted by molar-refractivity contribution is 6.10. The van der Waals surface area contributed by atoms with Gasteiger partial charge >= 0.3 is 0 Å². The third kappa shape index (κ3) is 3.02. The topological polar surface area (TPSA) is 17.0 Å². The van der Waals surface area contributed by atoms with Gasteiger partial charge in [0.25, 0.3) is 0 Å². The first-order valence-corrected chi connectivity index (χ1v) is 11.3. The molecule has 0 fully saturated rings. The summed E-state index contributed by atoms with van der Waals surface area (Å²) < 4.78 is 2.41. The molecule has 1 aliphatic rings. The van der Waals surface area contributed by atoms with Crippen molar-refractivity contribution in [1.82, 2.24) is 4.57 Å². The summed E-state index contributed by atoms with van der Waals surface area (Å²) in [6.45, 7) is 2.19. The van der Waals surface area contributed by atoms with Crippen LogP contribution in [0.2, 0.25) is 0 Å². The maximum Gasteiger partial charge on any atom is 0.0561 e. The van der Waals surface area contributed by atoms with Gasteiger partial charge in [0, 0.05) is 27.8 Å². The number of nitrogens with zero attached hydrogens (tertiary/aromatic N) is 1. The molecule has 1 aromatic heterocycles. The van der Waals surface area contributed by atoms with Gasteiger partial charge in [0.1, 0.15) is 0 Å². The zero-order valence-corrected chi connectivity index (χ0v) is 17.9. The maximum atomic E-state index is 3.75. The number of rotatable bonds is 3. The van der Waals surface area contributed by atoms with Crippen LogP contribution < -0.4 is 5.32 Å². The van der Waals surface area contributed by atoms with Gasteiger partial charge in [-0.2, -0.15) is 0 Å². The van der Waals surface area contributed by atoms with Crippen LogP contribution in [0.5, 0.6) is 0 Å². The van der Waals surface area contributed by atoms with Crippen LogP contribution in [0, 0.1) is 6.92 Å². The van der Waals surface area contributed by atoms with Crippen LogP contribution in [0.1, 0.15) is 29.5 Å². The number of aromatic nitrogens is 1. The van der Waals surface area contributed by atoms with E-state index in [0.29, 0.717) is 0 Å². The first-order chi connectivity index (χ1) is 15.3. The minimum absolute atomic E-state index is 1.14. The number of aryl methyl sites for hydroxylation is 2. The summed E-state index contributed by atoms with van der Waals surface area (Å²) >= 11 is 0. The number of benzene rings is 4. The van der Waals surface area contributed by atoms with Gasteiger partial charge in [-0.05, 0) is 79.6 Å². The van der Waals surface area contributed by atoms with Gasteiger partial charge in [-0.1, -0.05) is 54.6 Å². The lowest BCUT2D eigenvalue weighted by molar-refractivity contribution is 0.687. The van der Waals surface area contributed by atoms with E-state index in [4.69, 9.17) is 0 Å². The van der Waals surface area contributed by atoms with E-state index in [1.807, 2.05) is 0 Å². The Labute approximate surface area is 183 Å². The van der Waals surface area contributed by atoms with E-state index in [-0.39, 0.29) is 0 Å². The quantitative estimate of drug-likeness (QED) is 0.327. The fourth-order valence-electron chi connectivity index (χ4n) is 5.18. The second-order valence-electron chi connectivity index (χ2n) is 8.65. The van der Waals surface area contributed by atoms with E-state index in [2.05, 4.69) is 102 Å². The van der Waals surface area contributed by atoms with Gasteiger partial charge in [0.15, 0.2) is 0 Å². The molecule has 0 atom stereocenters. The molecule has 0 amide bonds. The maximum absolute atomic E-state index is 3.75. The molecule has 1 heterocycles. The summed E-state index contributed by atoms with van der Waals surface area (Å²) in [7, 11) is 0. The SMILES string of the molecule is Cc1ccccc1-n1c2ccccc2c2ccc(Nc3cccc4c3CCCC4)cc21. The van der Waals surface area contributed by atoms with Crippen molar-refractivity contribution in [2.75, 3.05) is 5.32 Å². The summed E-state index contributed by atoms with van der Waals surface area (Å²) in [5.74, 6) is 0. The zero-order chi connectivity index (χ0) is 20.8. The lowest BCUT2D eigenvalue weighted by atomic mass is 9.90. The molecule has 1 N–H and O–H groups in total. The first-order valence-electron chi connectivity index (χ1n) is 11.3. The smallest absolute Gasteiger partial charge is 0.0561 e. The van der Waals surface area contributed by atoms with Crippen LogP contribution in [0.3, 0.4) is 0 Å². The molecule has 0 radical (unpaired) electrons. The lowest BCUT2D eigenvalue weighted by Gasteiger charge is -2.20. The Hall–Kier alpha value is -3.52. The molecular weight excluding hydrogens is 376 g/mol. The van der Waals surface area contributed by atoms with E-state index in [9.17, 15) is 0 Å². The summed E-state index contributed by atoms with van der Waals surface area (Å²) in [4.78, 5) is 0. The average Bonchev–Trinajstić information content (AvgIpc) is 3.13. The second-order valence-corrected chi connectivity index (χ2v) is 8.65. The molecule has 0 unspecified atom stereocenters. The number of para-hydroxylation sites is 2. The predicted molar refractivity (Wildman–Crippen MR) is 132 cm³/mol. The Morgan fingerprint density at radius 3 is 2.45 bits per heavy atom. The highest BCUT2D eigenvalue weighted by Gasteiger charge is 2.16. The normalized spacial score (nSPS) is 13.5. The van der Waals surface area contributed by atoms with E-state index in [0.717, 1.165) is 5.69 Å². The number of fused-ring (bicyclic) bond motifs is 4. The fraction of sp³-hybridized carbons (Fsp3) is 0.172. The number of hydrogen-bond acceptors (Lipinski definition) is 1. The van der Waals surface area contributed by atoms with E-state index >= 15 is 0 Å². The van der Waals surface area contributed by atoms with Crippen molar-refractivity contribution in [3.8, 4) is 5.69 Å². The Morgan fingerprint density at radius 1 is 0.710 bits per heavy atom. The highest BCUT2D eigenvalue weighted by Crippen LogP contribution is 2.36. The van der Waals surface area contributed by atoms with Crippen LogP contribution in [0.4, 0.5) is 11.4 Å². The molecule has 0 saturated heterocycles. The molecule has 2 heteroatoms. The van der Waals surface area contributed by atoms with E-state index in [1.165, 1.54) is 75.6 Å². The Kier molecular flexibility index (Phi) is 4.31. The third-order valence-electron chi connectivity index (χ3n) is 6.71. The van der Waals surface area contributed by atoms with Crippen molar-refractivity contribution in [2.45, 2.75) is 32.6 Å². The standard InChI is InChI=1S/C29H26N2/c1-20-9-2-6-15-27(20)31-28-16-7-5-13-24(28)25-18-17-22(19-29(25)31)30-26-14-8-11-21-10-3-4-12-23(21)26/h2,5-9,11,13-19,30H,3-4,10,12H2,1H3. The Balaban J connectivity index is 1.54. The molecule has 152 valence electrons. The Morgan fingerprint density at radius 2 is 1.52 bits per heavy atom. The van der Waals surface area contributed by atoms with Crippen molar-refractivity contribution in [3.05, 3.63) is 102 Å². The largest absolute Gasteiger partial charge is 0.355 e. The zero-order valence-electron chi connectivity index (χ0n) is 17.9. The first kappa shape index (κ1) is 18.3. The molecule has 1 aliphatic carbocycles. The van der Waals surface area contributed by atoms with E-state index < -0.39 is 0 Å². The van der Waals surface area contributed by atoms with Gasteiger partial charge in [-0.3, -0.25) is 0 Å². The van der Waals surface area contributed by atoms with Gasteiger partial charge in [0.05, 0.1) is 11.0 Å². The molecule has 2 nitrogen and oxygen atoms in total. The molecular formula is C29H26N2. The fourth-order valence-corrected chi connectivity index (χ4v) is 5.18. The molecule has 4 aromatic carbocycles. The molecule has 0 spiro atoms. The highest BCUT2D eigenvalue weighted by atomic mass is 15.0. The second kappa shape index (κ2) is 7.31. The summed E-state index contributed by atoms with van der Waals surface area (Å²) in [6, 6.07) is 30.9.